The molecule has 134 valence electrons. The lowest BCUT2D eigenvalue weighted by molar-refractivity contribution is -0.936. The number of sulfonamides is 1. The van der Waals surface area contributed by atoms with Crippen molar-refractivity contribution >= 4 is 10.0 Å². The zero-order chi connectivity index (χ0) is 17.7. The Morgan fingerprint density at radius 3 is 2.16 bits per heavy atom. The molecule has 2 N–H and O–H groups in total. The van der Waals surface area contributed by atoms with Gasteiger partial charge in [-0.05, 0) is 30.9 Å². The smallest absolute Gasteiger partial charge is 0.240 e. The van der Waals surface area contributed by atoms with Gasteiger partial charge in [-0.15, -0.1) is 0 Å². The molecule has 5 heteroatoms. The molecule has 1 heterocycles. The molecule has 0 radical (unpaired) electrons. The van der Waals surface area contributed by atoms with E-state index in [9.17, 15) is 8.42 Å². The molecule has 4 nitrogen and oxygen atoms in total. The van der Waals surface area contributed by atoms with E-state index in [0.29, 0.717) is 11.4 Å². The van der Waals surface area contributed by atoms with Gasteiger partial charge in [0.05, 0.1) is 24.5 Å². The van der Waals surface area contributed by atoms with Crippen molar-refractivity contribution < 1.29 is 13.3 Å². The van der Waals surface area contributed by atoms with Crippen molar-refractivity contribution in [3.63, 3.8) is 0 Å². The van der Waals surface area contributed by atoms with Crippen molar-refractivity contribution in [2.75, 3.05) is 19.6 Å². The fourth-order valence-electron chi connectivity index (χ4n) is 3.54. The lowest BCUT2D eigenvalue weighted by Gasteiger charge is -2.34. The van der Waals surface area contributed by atoms with E-state index in [2.05, 4.69) is 23.8 Å². The van der Waals surface area contributed by atoms with Crippen LogP contribution < -0.4 is 9.62 Å². The van der Waals surface area contributed by atoms with E-state index in [4.69, 9.17) is 0 Å². The zero-order valence-electron chi connectivity index (χ0n) is 14.7. The van der Waals surface area contributed by atoms with Crippen molar-refractivity contribution in [2.45, 2.75) is 30.7 Å². The molecule has 0 bridgehead atoms. The van der Waals surface area contributed by atoms with Gasteiger partial charge in [0.15, 0.2) is 0 Å². The summed E-state index contributed by atoms with van der Waals surface area (Å²) in [6.45, 7) is 4.90. The summed E-state index contributed by atoms with van der Waals surface area (Å²) in [6.07, 6.45) is 2.40. The summed E-state index contributed by atoms with van der Waals surface area (Å²) in [7, 11) is -3.48. The van der Waals surface area contributed by atoms with Gasteiger partial charge in [-0.2, -0.15) is 0 Å². The Morgan fingerprint density at radius 2 is 1.56 bits per heavy atom. The van der Waals surface area contributed by atoms with Gasteiger partial charge in [-0.25, -0.2) is 13.1 Å². The van der Waals surface area contributed by atoms with Gasteiger partial charge in [-0.3, -0.25) is 0 Å². The first kappa shape index (κ1) is 18.1. The summed E-state index contributed by atoms with van der Waals surface area (Å²) < 4.78 is 28.0. The van der Waals surface area contributed by atoms with Crippen LogP contribution >= 0.6 is 0 Å². The molecule has 0 aliphatic carbocycles. The molecule has 1 saturated heterocycles. The minimum Gasteiger partial charge on any atom is -0.328 e. The van der Waals surface area contributed by atoms with Crippen LogP contribution in [0, 0.1) is 5.92 Å². The Kier molecular flexibility index (Phi) is 5.89. The summed E-state index contributed by atoms with van der Waals surface area (Å²) in [5, 5.41) is 0. The van der Waals surface area contributed by atoms with Gasteiger partial charge in [0.25, 0.3) is 0 Å². The molecule has 0 unspecified atom stereocenters. The van der Waals surface area contributed by atoms with Crippen molar-refractivity contribution in [1.29, 1.82) is 0 Å². The topological polar surface area (TPSA) is 50.6 Å². The first-order valence-corrected chi connectivity index (χ1v) is 10.5. The lowest BCUT2D eigenvalue weighted by Crippen LogP contribution is -3.14. The van der Waals surface area contributed by atoms with Crippen LogP contribution in [0.15, 0.2) is 65.6 Å². The van der Waals surface area contributed by atoms with Gasteiger partial charge in [0, 0.05) is 5.56 Å². The summed E-state index contributed by atoms with van der Waals surface area (Å²) >= 11 is 0. The molecular weight excluding hydrogens is 332 g/mol. The Labute approximate surface area is 150 Å². The highest BCUT2D eigenvalue weighted by atomic mass is 32.2. The molecule has 0 spiro atoms. The first-order valence-electron chi connectivity index (χ1n) is 9.00. The number of rotatable bonds is 6. The molecule has 1 aliphatic heterocycles. The number of piperidine rings is 1. The number of likely N-dealkylation sites (tertiary alicyclic amines) is 1. The number of hydrogen-bond donors (Lipinski definition) is 2. The SMILES string of the molecule is CC1CC[NH+]([C@@H](CNS(=O)(=O)c2ccccc2)c2ccccc2)CC1. The van der Waals surface area contributed by atoms with Crippen LogP contribution in [0.5, 0.6) is 0 Å². The van der Waals surface area contributed by atoms with Gasteiger partial charge < -0.3 is 4.90 Å². The quantitative estimate of drug-likeness (QED) is 0.829. The molecule has 1 fully saturated rings. The van der Waals surface area contributed by atoms with Gasteiger partial charge in [0.2, 0.25) is 10.0 Å². The first-order chi connectivity index (χ1) is 12.1. The van der Waals surface area contributed by atoms with E-state index in [1.807, 2.05) is 24.3 Å². The fourth-order valence-corrected chi connectivity index (χ4v) is 4.61. The molecule has 2 aromatic carbocycles. The second-order valence-electron chi connectivity index (χ2n) is 6.97. The maximum Gasteiger partial charge on any atom is 0.240 e. The molecular formula is C20H27N2O2S+. The highest BCUT2D eigenvalue weighted by Gasteiger charge is 2.29. The summed E-state index contributed by atoms with van der Waals surface area (Å²) in [5.41, 5.74) is 1.20. The van der Waals surface area contributed by atoms with Crippen LogP contribution in [0.1, 0.15) is 31.4 Å². The third-order valence-electron chi connectivity index (χ3n) is 5.14. The fraction of sp³-hybridized carbons (Fsp3) is 0.400. The van der Waals surface area contributed by atoms with Gasteiger partial charge in [0.1, 0.15) is 6.04 Å². The minimum atomic E-state index is -3.48. The average molecular weight is 360 g/mol. The van der Waals surface area contributed by atoms with Gasteiger partial charge >= 0.3 is 0 Å². The molecule has 2 aromatic rings. The Bertz CT molecular complexity index is 755. The molecule has 3 rings (SSSR count). The lowest BCUT2D eigenvalue weighted by atomic mass is 9.96. The van der Waals surface area contributed by atoms with Crippen molar-refractivity contribution in [3.05, 3.63) is 66.2 Å². The van der Waals surface area contributed by atoms with Crippen molar-refractivity contribution in [2.24, 2.45) is 5.92 Å². The van der Waals surface area contributed by atoms with E-state index >= 15 is 0 Å². The summed E-state index contributed by atoms with van der Waals surface area (Å²) in [4.78, 5) is 1.80. The van der Waals surface area contributed by atoms with Crippen LogP contribution in [-0.4, -0.2) is 28.1 Å². The molecule has 0 aromatic heterocycles. The maximum atomic E-state index is 12.6. The molecule has 25 heavy (non-hydrogen) atoms. The van der Waals surface area contributed by atoms with E-state index in [1.165, 1.54) is 23.3 Å². The molecule has 0 saturated carbocycles. The average Bonchev–Trinajstić information content (AvgIpc) is 2.65. The third kappa shape index (κ3) is 4.69. The zero-order valence-corrected chi connectivity index (χ0v) is 15.5. The Hall–Kier alpha value is -1.69. The van der Waals surface area contributed by atoms with E-state index in [0.717, 1.165) is 19.0 Å². The number of hydrogen-bond acceptors (Lipinski definition) is 2. The second kappa shape index (κ2) is 8.13. The van der Waals surface area contributed by atoms with Crippen molar-refractivity contribution in [3.8, 4) is 0 Å². The highest BCUT2D eigenvalue weighted by Crippen LogP contribution is 2.15. The second-order valence-corrected chi connectivity index (χ2v) is 8.74. The number of benzene rings is 2. The minimum absolute atomic E-state index is 0.146. The molecule has 1 aliphatic rings. The van der Waals surface area contributed by atoms with Crippen LogP contribution in [0.3, 0.4) is 0 Å². The maximum absolute atomic E-state index is 12.6. The standard InChI is InChI=1S/C20H26N2O2S/c1-17-12-14-22(15-13-17)20(18-8-4-2-5-9-18)16-21-25(23,24)19-10-6-3-7-11-19/h2-11,17,20-21H,12-16H2,1H3/p+1/t20-/m0/s1. The number of nitrogens with one attached hydrogen (secondary N) is 2. The monoisotopic (exact) mass is 359 g/mol. The predicted octanol–water partition coefficient (Wildman–Crippen LogP) is 2.02. The summed E-state index contributed by atoms with van der Waals surface area (Å²) in [6, 6.07) is 19.0. The third-order valence-corrected chi connectivity index (χ3v) is 6.58. The van der Waals surface area contributed by atoms with Crippen LogP contribution in [0.2, 0.25) is 0 Å². The Morgan fingerprint density at radius 1 is 1.00 bits per heavy atom. The largest absolute Gasteiger partial charge is 0.328 e. The van der Waals surface area contributed by atoms with Crippen LogP contribution in [0.25, 0.3) is 0 Å². The predicted molar refractivity (Wildman–Crippen MR) is 99.9 cm³/mol. The normalized spacial score (nSPS) is 22.4. The van der Waals surface area contributed by atoms with E-state index < -0.39 is 10.0 Å². The Balaban J connectivity index is 1.76. The molecule has 1 atom stereocenters. The van der Waals surface area contributed by atoms with E-state index in [1.54, 1.807) is 24.3 Å². The summed E-state index contributed by atoms with van der Waals surface area (Å²) in [5.74, 6) is 0.765. The highest BCUT2D eigenvalue weighted by molar-refractivity contribution is 7.89. The van der Waals surface area contributed by atoms with Gasteiger partial charge in [-0.1, -0.05) is 55.5 Å². The van der Waals surface area contributed by atoms with Crippen molar-refractivity contribution in [1.82, 2.24) is 4.72 Å². The van der Waals surface area contributed by atoms with Crippen LogP contribution in [0.4, 0.5) is 0 Å². The molecule has 0 amide bonds. The van der Waals surface area contributed by atoms with Crippen LogP contribution in [-0.2, 0) is 10.0 Å². The number of quaternary nitrogens is 1. The van der Waals surface area contributed by atoms with E-state index in [-0.39, 0.29) is 6.04 Å².